The Labute approximate surface area is 100 Å². The van der Waals surface area contributed by atoms with Crippen LogP contribution >= 0.6 is 0 Å². The van der Waals surface area contributed by atoms with Crippen LogP contribution in [-0.4, -0.2) is 48.7 Å². The highest BCUT2D eigenvalue weighted by molar-refractivity contribution is 5.90. The van der Waals surface area contributed by atoms with Gasteiger partial charge in [-0.3, -0.25) is 15.0 Å². The van der Waals surface area contributed by atoms with Crippen molar-refractivity contribution in [3.63, 3.8) is 0 Å². The molecule has 0 radical (unpaired) electrons. The Morgan fingerprint density at radius 1 is 1.76 bits per heavy atom. The standard InChI is InChI=1S/C11H18N4O2/c1-8-5-11(17-14-8)13-10(16)7-15(2)9-3-4-12-6-9/h5,9,12H,3-4,6-7H2,1-2H3,(H,13,16). The molecule has 17 heavy (non-hydrogen) atoms. The maximum absolute atomic E-state index is 11.7. The number of nitrogens with zero attached hydrogens (tertiary/aromatic N) is 2. The number of hydrogen-bond acceptors (Lipinski definition) is 5. The lowest BCUT2D eigenvalue weighted by Gasteiger charge is -2.22. The van der Waals surface area contributed by atoms with Gasteiger partial charge in [0.25, 0.3) is 0 Å². The molecule has 1 fully saturated rings. The smallest absolute Gasteiger partial charge is 0.240 e. The van der Waals surface area contributed by atoms with Gasteiger partial charge in [0.1, 0.15) is 0 Å². The van der Waals surface area contributed by atoms with E-state index in [1.165, 1.54) is 0 Å². The van der Waals surface area contributed by atoms with Crippen molar-refractivity contribution in [2.24, 2.45) is 0 Å². The third kappa shape index (κ3) is 3.28. The Morgan fingerprint density at radius 2 is 2.59 bits per heavy atom. The molecule has 1 aromatic heterocycles. The van der Waals surface area contributed by atoms with Crippen molar-refractivity contribution in [2.45, 2.75) is 19.4 Å². The quantitative estimate of drug-likeness (QED) is 0.785. The summed E-state index contributed by atoms with van der Waals surface area (Å²) in [5, 5.41) is 9.68. The van der Waals surface area contributed by atoms with Crippen LogP contribution in [0.4, 0.5) is 5.88 Å². The first-order valence-electron chi connectivity index (χ1n) is 5.79. The lowest BCUT2D eigenvalue weighted by Crippen LogP contribution is -2.39. The summed E-state index contributed by atoms with van der Waals surface area (Å²) >= 11 is 0. The van der Waals surface area contributed by atoms with E-state index in [1.807, 2.05) is 14.0 Å². The highest BCUT2D eigenvalue weighted by atomic mass is 16.5. The molecule has 0 aromatic carbocycles. The molecule has 1 unspecified atom stereocenters. The Kier molecular flexibility index (Phi) is 3.75. The zero-order chi connectivity index (χ0) is 12.3. The van der Waals surface area contributed by atoms with E-state index in [-0.39, 0.29) is 5.91 Å². The molecule has 2 N–H and O–H groups in total. The number of aromatic nitrogens is 1. The molecule has 1 aromatic rings. The first-order valence-corrected chi connectivity index (χ1v) is 5.79. The summed E-state index contributed by atoms with van der Waals surface area (Å²) in [7, 11) is 1.96. The number of carbonyl (C=O) groups is 1. The maximum Gasteiger partial charge on any atom is 0.240 e. The van der Waals surface area contributed by atoms with Crippen LogP contribution in [0.5, 0.6) is 0 Å². The molecule has 0 aliphatic carbocycles. The normalized spacial score (nSPS) is 19.8. The molecule has 0 bridgehead atoms. The van der Waals surface area contributed by atoms with Crippen LogP contribution in [0, 0.1) is 6.92 Å². The van der Waals surface area contributed by atoms with Crippen LogP contribution in [0.25, 0.3) is 0 Å². The molecule has 1 aliphatic rings. The van der Waals surface area contributed by atoms with Gasteiger partial charge in [0, 0.05) is 18.7 Å². The van der Waals surface area contributed by atoms with Crippen molar-refractivity contribution < 1.29 is 9.32 Å². The van der Waals surface area contributed by atoms with Crippen molar-refractivity contribution in [1.82, 2.24) is 15.4 Å². The van der Waals surface area contributed by atoms with Gasteiger partial charge in [-0.15, -0.1) is 0 Å². The summed E-state index contributed by atoms with van der Waals surface area (Å²) in [6.45, 7) is 4.16. The fourth-order valence-corrected chi connectivity index (χ4v) is 1.97. The summed E-state index contributed by atoms with van der Waals surface area (Å²) < 4.78 is 4.93. The van der Waals surface area contributed by atoms with Gasteiger partial charge in [-0.25, -0.2) is 0 Å². The van der Waals surface area contributed by atoms with Crippen LogP contribution in [0.15, 0.2) is 10.6 Å². The topological polar surface area (TPSA) is 70.4 Å². The van der Waals surface area contributed by atoms with E-state index in [0.717, 1.165) is 25.2 Å². The van der Waals surface area contributed by atoms with Crippen molar-refractivity contribution >= 4 is 11.8 Å². The largest absolute Gasteiger partial charge is 0.338 e. The predicted molar refractivity (Wildman–Crippen MR) is 63.8 cm³/mol. The van der Waals surface area contributed by atoms with Crippen molar-refractivity contribution in [3.8, 4) is 0 Å². The number of anilines is 1. The summed E-state index contributed by atoms with van der Waals surface area (Å²) in [6, 6.07) is 2.15. The van der Waals surface area contributed by atoms with Gasteiger partial charge in [-0.1, -0.05) is 5.16 Å². The van der Waals surface area contributed by atoms with Gasteiger partial charge in [0.2, 0.25) is 11.8 Å². The zero-order valence-electron chi connectivity index (χ0n) is 10.2. The van der Waals surface area contributed by atoms with Crippen LogP contribution in [-0.2, 0) is 4.79 Å². The van der Waals surface area contributed by atoms with Gasteiger partial charge in [0.05, 0.1) is 12.2 Å². The Hall–Kier alpha value is -1.40. The molecule has 1 aliphatic heterocycles. The summed E-state index contributed by atoms with van der Waals surface area (Å²) in [4.78, 5) is 13.8. The van der Waals surface area contributed by atoms with Crippen LogP contribution in [0.1, 0.15) is 12.1 Å². The van der Waals surface area contributed by atoms with Gasteiger partial charge in [0.15, 0.2) is 0 Å². The number of rotatable bonds is 4. The number of amides is 1. The Morgan fingerprint density at radius 3 is 3.18 bits per heavy atom. The molecular formula is C11H18N4O2. The van der Waals surface area contributed by atoms with Crippen molar-refractivity contribution in [1.29, 1.82) is 0 Å². The van der Waals surface area contributed by atoms with Crippen LogP contribution in [0.3, 0.4) is 0 Å². The molecule has 6 nitrogen and oxygen atoms in total. The van der Waals surface area contributed by atoms with E-state index < -0.39 is 0 Å². The average Bonchev–Trinajstić information content (AvgIpc) is 2.89. The number of hydrogen-bond donors (Lipinski definition) is 2. The van der Waals surface area contributed by atoms with Crippen LogP contribution in [0.2, 0.25) is 0 Å². The third-order valence-electron chi connectivity index (χ3n) is 2.94. The fourth-order valence-electron chi connectivity index (χ4n) is 1.97. The minimum Gasteiger partial charge on any atom is -0.338 e. The summed E-state index contributed by atoms with van der Waals surface area (Å²) in [5.41, 5.74) is 0.758. The average molecular weight is 238 g/mol. The molecule has 1 amide bonds. The number of aryl methyl sites for hydroxylation is 1. The molecule has 1 atom stereocenters. The zero-order valence-corrected chi connectivity index (χ0v) is 10.2. The molecule has 0 saturated carbocycles. The third-order valence-corrected chi connectivity index (χ3v) is 2.94. The molecule has 2 heterocycles. The van der Waals surface area contributed by atoms with Crippen molar-refractivity contribution in [3.05, 3.63) is 11.8 Å². The fraction of sp³-hybridized carbons (Fsp3) is 0.636. The molecule has 94 valence electrons. The minimum atomic E-state index is -0.0736. The highest BCUT2D eigenvalue weighted by Gasteiger charge is 2.21. The number of carbonyl (C=O) groups excluding carboxylic acids is 1. The van der Waals surface area contributed by atoms with Gasteiger partial charge < -0.3 is 9.84 Å². The van der Waals surface area contributed by atoms with E-state index in [2.05, 4.69) is 20.7 Å². The van der Waals surface area contributed by atoms with E-state index in [1.54, 1.807) is 6.07 Å². The summed E-state index contributed by atoms with van der Waals surface area (Å²) in [6.07, 6.45) is 1.09. The second kappa shape index (κ2) is 5.29. The van der Waals surface area contributed by atoms with Gasteiger partial charge >= 0.3 is 0 Å². The monoisotopic (exact) mass is 238 g/mol. The lowest BCUT2D eigenvalue weighted by atomic mass is 10.2. The summed E-state index contributed by atoms with van der Waals surface area (Å²) in [5.74, 6) is 0.334. The Bertz CT molecular complexity index is 385. The second-order valence-electron chi connectivity index (χ2n) is 4.44. The van der Waals surface area contributed by atoms with E-state index in [9.17, 15) is 4.79 Å². The van der Waals surface area contributed by atoms with E-state index in [4.69, 9.17) is 4.52 Å². The number of nitrogens with one attached hydrogen (secondary N) is 2. The first-order chi connectivity index (χ1) is 8.15. The maximum atomic E-state index is 11.7. The molecule has 6 heteroatoms. The predicted octanol–water partition coefficient (Wildman–Crippen LogP) is 0.215. The minimum absolute atomic E-state index is 0.0736. The highest BCUT2D eigenvalue weighted by Crippen LogP contribution is 2.09. The van der Waals surface area contributed by atoms with E-state index in [0.29, 0.717) is 18.5 Å². The number of likely N-dealkylation sites (N-methyl/N-ethyl adjacent to an activating group) is 1. The second-order valence-corrected chi connectivity index (χ2v) is 4.44. The molecule has 2 rings (SSSR count). The molecule has 1 saturated heterocycles. The van der Waals surface area contributed by atoms with Crippen molar-refractivity contribution in [2.75, 3.05) is 32.0 Å². The SMILES string of the molecule is Cc1cc(NC(=O)CN(C)C2CCNC2)on1. The van der Waals surface area contributed by atoms with E-state index >= 15 is 0 Å². The lowest BCUT2D eigenvalue weighted by molar-refractivity contribution is -0.117. The first kappa shape index (κ1) is 12.1. The molecular weight excluding hydrogens is 220 g/mol. The van der Waals surface area contributed by atoms with Gasteiger partial charge in [-0.2, -0.15) is 0 Å². The molecule has 0 spiro atoms. The van der Waals surface area contributed by atoms with Crippen LogP contribution < -0.4 is 10.6 Å². The Balaban J connectivity index is 1.80. The van der Waals surface area contributed by atoms with Gasteiger partial charge in [-0.05, 0) is 26.9 Å².